The van der Waals surface area contributed by atoms with E-state index in [0.29, 0.717) is 12.1 Å². The molecule has 10 heavy (non-hydrogen) atoms. The van der Waals surface area contributed by atoms with Crippen molar-refractivity contribution in [3.63, 3.8) is 0 Å². The maximum absolute atomic E-state index is 3.23. The maximum Gasteiger partial charge on any atom is 0.234 e. The van der Waals surface area contributed by atoms with E-state index in [1.54, 1.807) is 0 Å². The van der Waals surface area contributed by atoms with Gasteiger partial charge in [-0.2, -0.15) is 0 Å². The van der Waals surface area contributed by atoms with Gasteiger partial charge in [0.1, 0.15) is 0 Å². The van der Waals surface area contributed by atoms with Crippen molar-refractivity contribution in [2.75, 3.05) is 0 Å². The molecule has 0 saturated carbocycles. The smallest absolute Gasteiger partial charge is 0.234 e. The summed E-state index contributed by atoms with van der Waals surface area (Å²) >= 11 is 0. The first kappa shape index (κ1) is 5.59. The Kier molecular flexibility index (Phi) is 1.24. The standard InChI is InChI=1S/C8H8N2/c1-3-7(9-5-1)8-4-2-6-10-8/h1-8H/p+2. The third kappa shape index (κ3) is 0.817. The molecule has 0 spiro atoms. The number of hydrogen-bond acceptors (Lipinski definition) is 0. The van der Waals surface area contributed by atoms with E-state index in [1.807, 2.05) is 24.6 Å². The molecule has 2 heteroatoms. The Morgan fingerprint density at radius 2 is 1.30 bits per heavy atom. The minimum absolute atomic E-state index is 0.440. The maximum atomic E-state index is 3.23. The molecule has 2 heterocycles. The lowest BCUT2D eigenvalue weighted by molar-refractivity contribution is -0.575. The van der Waals surface area contributed by atoms with E-state index < -0.39 is 0 Å². The van der Waals surface area contributed by atoms with Gasteiger partial charge in [0.2, 0.25) is 12.1 Å². The van der Waals surface area contributed by atoms with Crippen LogP contribution in [0.25, 0.3) is 0 Å². The number of allylic oxidation sites excluding steroid dienone is 2. The van der Waals surface area contributed by atoms with E-state index in [0.717, 1.165) is 0 Å². The predicted molar refractivity (Wildman–Crippen MR) is 39.9 cm³/mol. The SMILES string of the molecule is C1=CC(C2C=CC=[NH+]2)[NH+]=C1. The van der Waals surface area contributed by atoms with E-state index >= 15 is 0 Å². The zero-order valence-corrected chi connectivity index (χ0v) is 5.62. The monoisotopic (exact) mass is 134 g/mol. The largest absolute Gasteiger partial charge is 0.235 e. The van der Waals surface area contributed by atoms with Gasteiger partial charge in [-0.3, -0.25) is 0 Å². The van der Waals surface area contributed by atoms with Gasteiger partial charge in [-0.05, 0) is 12.2 Å². The average molecular weight is 134 g/mol. The number of nitrogens with one attached hydrogen (secondary N) is 2. The molecule has 50 valence electrons. The average Bonchev–Trinajstić information content (AvgIpc) is 2.59. The van der Waals surface area contributed by atoms with Gasteiger partial charge in [-0.25, -0.2) is 9.98 Å². The highest BCUT2D eigenvalue weighted by atomic mass is 14.9. The zero-order chi connectivity index (χ0) is 6.81. The highest BCUT2D eigenvalue weighted by molar-refractivity contribution is 5.68. The highest BCUT2D eigenvalue weighted by Crippen LogP contribution is 1.90. The Morgan fingerprint density at radius 3 is 1.60 bits per heavy atom. The summed E-state index contributed by atoms with van der Waals surface area (Å²) < 4.78 is 0. The van der Waals surface area contributed by atoms with Crippen molar-refractivity contribution in [2.45, 2.75) is 12.1 Å². The molecule has 0 amide bonds. The van der Waals surface area contributed by atoms with E-state index in [9.17, 15) is 0 Å². The summed E-state index contributed by atoms with van der Waals surface area (Å²) in [5.74, 6) is 0. The molecule has 2 rings (SSSR count). The van der Waals surface area contributed by atoms with Crippen molar-refractivity contribution in [1.29, 1.82) is 0 Å². The number of hydrogen-bond donors (Lipinski definition) is 2. The molecule has 0 radical (unpaired) electrons. The van der Waals surface area contributed by atoms with Crippen LogP contribution in [-0.4, -0.2) is 24.5 Å². The summed E-state index contributed by atoms with van der Waals surface area (Å²) in [6, 6.07) is 0.880. The van der Waals surface area contributed by atoms with Crippen LogP contribution in [0.1, 0.15) is 0 Å². The van der Waals surface area contributed by atoms with Crippen LogP contribution in [0, 0.1) is 0 Å². The topological polar surface area (TPSA) is 27.9 Å². The third-order valence-corrected chi connectivity index (χ3v) is 1.79. The normalized spacial score (nSPS) is 34.4. The van der Waals surface area contributed by atoms with E-state index in [1.165, 1.54) is 0 Å². The summed E-state index contributed by atoms with van der Waals surface area (Å²) in [5, 5.41) is 0. The van der Waals surface area contributed by atoms with Crippen LogP contribution in [0.4, 0.5) is 0 Å². The van der Waals surface area contributed by atoms with Gasteiger partial charge in [0.15, 0.2) is 12.4 Å². The van der Waals surface area contributed by atoms with Crippen molar-refractivity contribution in [3.8, 4) is 0 Å². The fourth-order valence-electron chi connectivity index (χ4n) is 1.24. The summed E-state index contributed by atoms with van der Waals surface area (Å²) in [5.41, 5.74) is 0. The first-order chi connectivity index (χ1) is 4.97. The Morgan fingerprint density at radius 1 is 0.800 bits per heavy atom. The van der Waals surface area contributed by atoms with Crippen molar-refractivity contribution >= 4 is 12.4 Å². The zero-order valence-electron chi connectivity index (χ0n) is 5.62. The summed E-state index contributed by atoms with van der Waals surface area (Å²) in [6.45, 7) is 0. The molecule has 2 nitrogen and oxygen atoms in total. The van der Waals surface area contributed by atoms with Crippen molar-refractivity contribution in [3.05, 3.63) is 24.3 Å². The van der Waals surface area contributed by atoms with E-state index in [4.69, 9.17) is 0 Å². The lowest BCUT2D eigenvalue weighted by Crippen LogP contribution is -2.88. The Hall–Kier alpha value is -1.18. The minimum atomic E-state index is 0.440. The molecular weight excluding hydrogens is 124 g/mol. The summed E-state index contributed by atoms with van der Waals surface area (Å²) in [7, 11) is 0. The molecular formula is C8H10N2+2. The molecule has 0 fully saturated rings. The fraction of sp³-hybridized carbons (Fsp3) is 0.250. The van der Waals surface area contributed by atoms with Crippen LogP contribution in [-0.2, 0) is 0 Å². The van der Waals surface area contributed by atoms with Crippen molar-refractivity contribution in [2.24, 2.45) is 0 Å². The van der Waals surface area contributed by atoms with Crippen LogP contribution in [0.3, 0.4) is 0 Å². The van der Waals surface area contributed by atoms with E-state index in [2.05, 4.69) is 22.1 Å². The minimum Gasteiger partial charge on any atom is -0.235 e. The van der Waals surface area contributed by atoms with E-state index in [-0.39, 0.29) is 0 Å². The summed E-state index contributed by atoms with van der Waals surface area (Å²) in [6.07, 6.45) is 12.3. The molecule has 2 aliphatic heterocycles. The Balaban J connectivity index is 2.12. The van der Waals surface area contributed by atoms with Gasteiger partial charge >= 0.3 is 0 Å². The molecule has 0 aliphatic carbocycles. The van der Waals surface area contributed by atoms with Gasteiger partial charge in [0.25, 0.3) is 0 Å². The second kappa shape index (κ2) is 2.21. The molecule has 0 aromatic heterocycles. The van der Waals surface area contributed by atoms with Crippen LogP contribution in [0.2, 0.25) is 0 Å². The molecule has 2 aliphatic rings. The second-order valence-electron chi connectivity index (χ2n) is 2.49. The van der Waals surface area contributed by atoms with Crippen LogP contribution >= 0.6 is 0 Å². The number of rotatable bonds is 1. The molecule has 0 aromatic carbocycles. The predicted octanol–water partition coefficient (Wildman–Crippen LogP) is -2.83. The van der Waals surface area contributed by atoms with Gasteiger partial charge in [-0.15, -0.1) is 0 Å². The molecule has 2 N–H and O–H groups in total. The van der Waals surface area contributed by atoms with Gasteiger partial charge in [-0.1, -0.05) is 0 Å². The first-order valence-corrected chi connectivity index (χ1v) is 3.49. The molecule has 2 atom stereocenters. The lowest BCUT2D eigenvalue weighted by atomic mass is 10.1. The fourth-order valence-corrected chi connectivity index (χ4v) is 1.24. The molecule has 0 bridgehead atoms. The van der Waals surface area contributed by atoms with Gasteiger partial charge in [0.05, 0.1) is 0 Å². The van der Waals surface area contributed by atoms with Gasteiger partial charge < -0.3 is 0 Å². The highest BCUT2D eigenvalue weighted by Gasteiger charge is 2.27. The molecule has 0 saturated heterocycles. The molecule has 2 unspecified atom stereocenters. The second-order valence-corrected chi connectivity index (χ2v) is 2.49. The quantitative estimate of drug-likeness (QED) is 0.387. The van der Waals surface area contributed by atoms with Crippen LogP contribution in [0.5, 0.6) is 0 Å². The van der Waals surface area contributed by atoms with Crippen LogP contribution in [0.15, 0.2) is 24.3 Å². The first-order valence-electron chi connectivity index (χ1n) is 3.49. The lowest BCUT2D eigenvalue weighted by Gasteiger charge is -1.96. The Labute approximate surface area is 59.7 Å². The van der Waals surface area contributed by atoms with Gasteiger partial charge in [0, 0.05) is 12.2 Å². The van der Waals surface area contributed by atoms with Crippen molar-refractivity contribution < 1.29 is 9.98 Å². The van der Waals surface area contributed by atoms with Crippen LogP contribution < -0.4 is 9.98 Å². The van der Waals surface area contributed by atoms with Crippen molar-refractivity contribution in [1.82, 2.24) is 0 Å². The Bertz CT molecular complexity index is 186. The summed E-state index contributed by atoms with van der Waals surface area (Å²) in [4.78, 5) is 6.46. The third-order valence-electron chi connectivity index (χ3n) is 1.79. The molecule has 0 aromatic rings.